The third-order valence-corrected chi connectivity index (χ3v) is 3.90. The molecule has 1 heterocycles. The lowest BCUT2D eigenvalue weighted by molar-refractivity contribution is -0.130. The number of carbonyl (C=O) groups is 2. The van der Waals surface area contributed by atoms with Gasteiger partial charge in [-0.05, 0) is 37.1 Å². The number of hydrazone groups is 1. The van der Waals surface area contributed by atoms with Gasteiger partial charge in [-0.25, -0.2) is 5.84 Å². The quantitative estimate of drug-likeness (QED) is 0.202. The van der Waals surface area contributed by atoms with Gasteiger partial charge in [0.05, 0.1) is 6.04 Å². The van der Waals surface area contributed by atoms with Crippen LogP contribution in [0.4, 0.5) is 0 Å². The molecule has 1 aliphatic rings. The van der Waals surface area contributed by atoms with Crippen molar-refractivity contribution in [2.24, 2.45) is 16.8 Å². The Labute approximate surface area is 160 Å². The van der Waals surface area contributed by atoms with E-state index in [2.05, 4.69) is 27.7 Å². The molecule has 1 atom stereocenters. The number of nitrogens with two attached hydrogens (primary N) is 2. The minimum Gasteiger partial charge on any atom is -0.329 e. The molecular weight excluding hydrogens is 344 g/mol. The second-order valence-electron chi connectivity index (χ2n) is 5.52. The van der Waals surface area contributed by atoms with Gasteiger partial charge in [0.2, 0.25) is 11.9 Å². The number of benzene rings is 1. The minimum atomic E-state index is -0.392. The molecule has 0 radical (unpaired) electrons. The number of nitrogens with zero attached hydrogens (tertiary/aromatic N) is 2. The standard InChI is InChI=1S/C17H22N6O2.C2H6/c1-2-15(24)23-11-3-4-14(23)10-7-12-5-8-13(9-6-12)16(25)20-17(21-18)22-19;1-2/h5-6,8-9,14H,2-4,11,18-19H2,1H3,(H2,20,21,22,25);1-2H3. The lowest BCUT2D eigenvalue weighted by Gasteiger charge is -2.19. The summed E-state index contributed by atoms with van der Waals surface area (Å²) in [5.41, 5.74) is 3.37. The van der Waals surface area contributed by atoms with Gasteiger partial charge in [0.25, 0.3) is 5.91 Å². The molecule has 6 N–H and O–H groups in total. The van der Waals surface area contributed by atoms with E-state index in [0.717, 1.165) is 24.9 Å². The first-order valence-corrected chi connectivity index (χ1v) is 9.06. The van der Waals surface area contributed by atoms with Crippen LogP contribution in [0.2, 0.25) is 0 Å². The minimum absolute atomic E-state index is 0.0317. The van der Waals surface area contributed by atoms with Gasteiger partial charge in [0, 0.05) is 24.1 Å². The van der Waals surface area contributed by atoms with E-state index in [4.69, 9.17) is 11.7 Å². The Morgan fingerprint density at radius 1 is 1.30 bits per heavy atom. The largest absolute Gasteiger partial charge is 0.329 e. The lowest BCUT2D eigenvalue weighted by Crippen LogP contribution is -2.45. The third-order valence-electron chi connectivity index (χ3n) is 3.90. The highest BCUT2D eigenvalue weighted by Crippen LogP contribution is 2.17. The lowest BCUT2D eigenvalue weighted by atomic mass is 10.1. The second kappa shape index (κ2) is 11.5. The Bertz CT molecular complexity index is 718. The Balaban J connectivity index is 0.00000176. The van der Waals surface area contributed by atoms with E-state index in [1.807, 2.05) is 25.7 Å². The summed E-state index contributed by atoms with van der Waals surface area (Å²) in [6.45, 7) is 6.63. The molecule has 0 aromatic heterocycles. The molecule has 0 aliphatic carbocycles. The van der Waals surface area contributed by atoms with Crippen LogP contribution in [0, 0.1) is 11.8 Å². The maximum atomic E-state index is 12.0. The summed E-state index contributed by atoms with van der Waals surface area (Å²) in [5, 5.41) is 5.71. The van der Waals surface area contributed by atoms with E-state index in [1.54, 1.807) is 24.3 Å². The fraction of sp³-hybridized carbons (Fsp3) is 0.421. The number of nitrogens with one attached hydrogen (secondary N) is 2. The van der Waals surface area contributed by atoms with Crippen LogP contribution < -0.4 is 22.4 Å². The number of carbonyl (C=O) groups excluding carboxylic acids is 2. The second-order valence-corrected chi connectivity index (χ2v) is 5.52. The van der Waals surface area contributed by atoms with Crippen molar-refractivity contribution in [3.05, 3.63) is 35.4 Å². The zero-order valence-corrected chi connectivity index (χ0v) is 16.1. The van der Waals surface area contributed by atoms with Crippen molar-refractivity contribution in [3.8, 4) is 11.8 Å². The van der Waals surface area contributed by atoms with E-state index >= 15 is 0 Å². The summed E-state index contributed by atoms with van der Waals surface area (Å²) >= 11 is 0. The SMILES string of the molecule is CC.CCC(=O)N1CCCC1C#Cc1ccc(C(=O)N/C(=N/N)NN)cc1. The molecule has 146 valence electrons. The molecule has 2 amide bonds. The van der Waals surface area contributed by atoms with Crippen molar-refractivity contribution in [3.63, 3.8) is 0 Å². The predicted octanol–water partition coefficient (Wildman–Crippen LogP) is 0.888. The maximum Gasteiger partial charge on any atom is 0.258 e. The Kier molecular flexibility index (Phi) is 9.40. The number of hydrogen-bond acceptors (Lipinski definition) is 5. The molecule has 0 bridgehead atoms. The summed E-state index contributed by atoms with van der Waals surface area (Å²) in [6, 6.07) is 6.76. The summed E-state index contributed by atoms with van der Waals surface area (Å²) in [4.78, 5) is 25.7. The van der Waals surface area contributed by atoms with E-state index in [9.17, 15) is 9.59 Å². The summed E-state index contributed by atoms with van der Waals surface area (Å²) in [7, 11) is 0. The third kappa shape index (κ3) is 6.31. The number of amides is 2. The van der Waals surface area contributed by atoms with Crippen molar-refractivity contribution >= 4 is 17.8 Å². The van der Waals surface area contributed by atoms with Gasteiger partial charge < -0.3 is 10.7 Å². The van der Waals surface area contributed by atoms with Crippen molar-refractivity contribution in [2.45, 2.75) is 46.1 Å². The molecule has 0 spiro atoms. The van der Waals surface area contributed by atoms with Gasteiger partial charge in [-0.1, -0.05) is 32.6 Å². The van der Waals surface area contributed by atoms with Crippen LogP contribution in [0.3, 0.4) is 0 Å². The van der Waals surface area contributed by atoms with Gasteiger partial charge in [-0.15, -0.1) is 5.10 Å². The van der Waals surface area contributed by atoms with Crippen LogP contribution in [0.15, 0.2) is 29.4 Å². The van der Waals surface area contributed by atoms with Crippen molar-refractivity contribution in [1.82, 2.24) is 15.6 Å². The van der Waals surface area contributed by atoms with Crippen LogP contribution >= 0.6 is 0 Å². The first kappa shape index (κ1) is 22.0. The van der Waals surface area contributed by atoms with Gasteiger partial charge in [0.1, 0.15) is 0 Å². The normalized spacial score (nSPS) is 15.8. The van der Waals surface area contributed by atoms with Crippen LogP contribution in [0.1, 0.15) is 56.0 Å². The number of guanidine groups is 1. The van der Waals surface area contributed by atoms with Crippen molar-refractivity contribution < 1.29 is 9.59 Å². The highest BCUT2D eigenvalue weighted by molar-refractivity contribution is 6.05. The smallest absolute Gasteiger partial charge is 0.258 e. The van der Waals surface area contributed by atoms with E-state index in [1.165, 1.54) is 0 Å². The number of likely N-dealkylation sites (tertiary alicyclic amines) is 1. The van der Waals surface area contributed by atoms with Gasteiger partial charge in [0.15, 0.2) is 0 Å². The zero-order valence-electron chi connectivity index (χ0n) is 16.1. The number of rotatable bonds is 2. The molecule has 1 unspecified atom stereocenters. The monoisotopic (exact) mass is 372 g/mol. The number of hydrazine groups is 1. The predicted molar refractivity (Wildman–Crippen MR) is 106 cm³/mol. The molecule has 1 aromatic rings. The van der Waals surface area contributed by atoms with E-state index < -0.39 is 5.91 Å². The fourth-order valence-electron chi connectivity index (χ4n) is 2.58. The molecular formula is C19H28N6O2. The first-order chi connectivity index (χ1) is 13.1. The van der Waals surface area contributed by atoms with Crippen LogP contribution in [0.5, 0.6) is 0 Å². The van der Waals surface area contributed by atoms with Gasteiger partial charge in [-0.2, -0.15) is 0 Å². The number of hydrogen-bond donors (Lipinski definition) is 4. The molecule has 8 nitrogen and oxygen atoms in total. The van der Waals surface area contributed by atoms with Crippen molar-refractivity contribution in [2.75, 3.05) is 6.54 Å². The molecule has 1 aromatic carbocycles. The summed E-state index contributed by atoms with van der Waals surface area (Å²) < 4.78 is 0. The molecule has 2 rings (SSSR count). The molecule has 0 saturated carbocycles. The Morgan fingerprint density at radius 2 is 1.96 bits per heavy atom. The fourth-order valence-corrected chi connectivity index (χ4v) is 2.58. The molecule has 1 saturated heterocycles. The highest BCUT2D eigenvalue weighted by atomic mass is 16.2. The van der Waals surface area contributed by atoms with Gasteiger partial charge >= 0.3 is 0 Å². The molecule has 1 aliphatic heterocycles. The van der Waals surface area contributed by atoms with Gasteiger partial charge in [-0.3, -0.25) is 20.3 Å². The van der Waals surface area contributed by atoms with Crippen LogP contribution in [-0.4, -0.2) is 35.3 Å². The topological polar surface area (TPSA) is 126 Å². The summed E-state index contributed by atoms with van der Waals surface area (Å²) in [6.07, 6.45) is 2.37. The first-order valence-electron chi connectivity index (χ1n) is 9.06. The average Bonchev–Trinajstić information content (AvgIpc) is 3.20. The average molecular weight is 372 g/mol. The highest BCUT2D eigenvalue weighted by Gasteiger charge is 2.25. The molecule has 1 fully saturated rings. The zero-order chi connectivity index (χ0) is 20.2. The van der Waals surface area contributed by atoms with E-state index in [0.29, 0.717) is 12.0 Å². The van der Waals surface area contributed by atoms with Crippen molar-refractivity contribution in [1.29, 1.82) is 0 Å². The molecule has 27 heavy (non-hydrogen) atoms. The summed E-state index contributed by atoms with van der Waals surface area (Å²) in [5.74, 6) is 16.2. The Hall–Kier alpha value is -3.05. The Morgan fingerprint density at radius 3 is 2.52 bits per heavy atom. The van der Waals surface area contributed by atoms with Crippen LogP contribution in [0.25, 0.3) is 0 Å². The van der Waals surface area contributed by atoms with E-state index in [-0.39, 0.29) is 17.9 Å². The maximum absolute atomic E-state index is 12.0. The molecule has 8 heteroatoms. The van der Waals surface area contributed by atoms with Crippen LogP contribution in [-0.2, 0) is 4.79 Å².